The molecule has 0 atom stereocenters. The highest BCUT2D eigenvalue weighted by Crippen LogP contribution is 2.31. The summed E-state index contributed by atoms with van der Waals surface area (Å²) in [5.41, 5.74) is 2.85. The highest BCUT2D eigenvalue weighted by atomic mass is 16.6. The smallest absolute Gasteiger partial charge is 0.273 e. The number of rotatable bonds is 5. The van der Waals surface area contributed by atoms with Crippen molar-refractivity contribution in [2.45, 2.75) is 13.3 Å². The van der Waals surface area contributed by atoms with E-state index in [-0.39, 0.29) is 23.8 Å². The van der Waals surface area contributed by atoms with Crippen molar-refractivity contribution in [3.8, 4) is 0 Å². The van der Waals surface area contributed by atoms with Crippen LogP contribution >= 0.6 is 0 Å². The van der Waals surface area contributed by atoms with Gasteiger partial charge in [-0.05, 0) is 37.1 Å². The van der Waals surface area contributed by atoms with Gasteiger partial charge in [-0.2, -0.15) is 0 Å². The van der Waals surface area contributed by atoms with E-state index >= 15 is 0 Å². The normalized spacial score (nSPS) is 12.6. The Bertz CT molecular complexity index is 926. The number of amides is 2. The molecule has 0 saturated heterocycles. The second-order valence-electron chi connectivity index (χ2n) is 6.28. The lowest BCUT2D eigenvalue weighted by Gasteiger charge is -2.17. The third kappa shape index (κ3) is 3.80. The molecular weight excluding hydrogens is 350 g/mol. The molecule has 27 heavy (non-hydrogen) atoms. The van der Waals surface area contributed by atoms with E-state index in [0.717, 1.165) is 17.7 Å². The van der Waals surface area contributed by atoms with E-state index in [1.54, 1.807) is 36.1 Å². The molecule has 0 radical (unpaired) electrons. The van der Waals surface area contributed by atoms with Crippen molar-refractivity contribution in [2.24, 2.45) is 0 Å². The molecule has 0 fully saturated rings. The summed E-state index contributed by atoms with van der Waals surface area (Å²) in [6.07, 6.45) is 0.739. The van der Waals surface area contributed by atoms with Gasteiger partial charge in [0.25, 0.3) is 17.5 Å². The summed E-state index contributed by atoms with van der Waals surface area (Å²) in [5, 5.41) is 13.8. The molecule has 2 aromatic carbocycles. The number of hydrogen-bond acceptors (Lipinski definition) is 5. The van der Waals surface area contributed by atoms with Gasteiger partial charge in [-0.1, -0.05) is 12.1 Å². The SMILES string of the molecule is COCC(=O)N1CCc2ccc(NC(=O)c3ccc(C)c([N+](=O)[O-])c3)cc21. The Morgan fingerprint density at radius 1 is 1.26 bits per heavy atom. The van der Waals surface area contributed by atoms with Crippen LogP contribution in [0.1, 0.15) is 21.5 Å². The summed E-state index contributed by atoms with van der Waals surface area (Å²) in [4.78, 5) is 36.8. The fourth-order valence-electron chi connectivity index (χ4n) is 3.07. The summed E-state index contributed by atoms with van der Waals surface area (Å²) in [6, 6.07) is 9.69. The number of aryl methyl sites for hydroxylation is 1. The molecule has 0 bridgehead atoms. The first-order chi connectivity index (χ1) is 12.9. The molecule has 0 aromatic heterocycles. The summed E-state index contributed by atoms with van der Waals surface area (Å²) >= 11 is 0. The standard InChI is InChI=1S/C19H19N3O5/c1-12-3-4-14(9-16(12)22(25)26)19(24)20-15-6-5-13-7-8-21(17(13)10-15)18(23)11-27-2/h3-6,9-10H,7-8,11H2,1-2H3,(H,20,24). The first-order valence-electron chi connectivity index (χ1n) is 8.39. The number of hydrogen-bond donors (Lipinski definition) is 1. The van der Waals surface area contributed by atoms with Gasteiger partial charge < -0.3 is 15.0 Å². The van der Waals surface area contributed by atoms with Crippen LogP contribution in [0.5, 0.6) is 0 Å². The Morgan fingerprint density at radius 3 is 2.74 bits per heavy atom. The first kappa shape index (κ1) is 18.5. The molecule has 3 rings (SSSR count). The van der Waals surface area contributed by atoms with E-state index in [2.05, 4.69) is 5.32 Å². The number of nitrogens with zero attached hydrogens (tertiary/aromatic N) is 2. The Hall–Kier alpha value is -3.26. The van der Waals surface area contributed by atoms with Gasteiger partial charge in [0.15, 0.2) is 0 Å². The Balaban J connectivity index is 1.82. The van der Waals surface area contributed by atoms with Crippen LogP contribution in [0.2, 0.25) is 0 Å². The van der Waals surface area contributed by atoms with Crippen molar-refractivity contribution in [1.82, 2.24) is 0 Å². The van der Waals surface area contributed by atoms with Gasteiger partial charge in [-0.25, -0.2) is 0 Å². The molecule has 1 aliphatic rings. The monoisotopic (exact) mass is 369 g/mol. The highest BCUT2D eigenvalue weighted by Gasteiger charge is 2.25. The largest absolute Gasteiger partial charge is 0.375 e. The number of methoxy groups -OCH3 is 1. The summed E-state index contributed by atoms with van der Waals surface area (Å²) < 4.78 is 4.91. The second-order valence-corrected chi connectivity index (χ2v) is 6.28. The van der Waals surface area contributed by atoms with Gasteiger partial charge in [-0.3, -0.25) is 19.7 Å². The number of anilines is 2. The van der Waals surface area contributed by atoms with Gasteiger partial charge in [-0.15, -0.1) is 0 Å². The average Bonchev–Trinajstić information content (AvgIpc) is 3.05. The molecule has 1 N–H and O–H groups in total. The minimum Gasteiger partial charge on any atom is -0.375 e. The fraction of sp³-hybridized carbons (Fsp3) is 0.263. The van der Waals surface area contributed by atoms with Gasteiger partial charge in [0.2, 0.25) is 0 Å². The fourth-order valence-corrected chi connectivity index (χ4v) is 3.07. The Kier molecular flexibility index (Phi) is 5.18. The molecule has 0 unspecified atom stereocenters. The van der Waals surface area contributed by atoms with Crippen LogP contribution in [0.25, 0.3) is 0 Å². The zero-order valence-corrected chi connectivity index (χ0v) is 15.0. The van der Waals surface area contributed by atoms with Gasteiger partial charge >= 0.3 is 0 Å². The Morgan fingerprint density at radius 2 is 2.04 bits per heavy atom. The van der Waals surface area contributed by atoms with E-state index < -0.39 is 10.8 Å². The zero-order chi connectivity index (χ0) is 19.6. The summed E-state index contributed by atoms with van der Waals surface area (Å²) in [7, 11) is 1.46. The molecular formula is C19H19N3O5. The lowest BCUT2D eigenvalue weighted by atomic mass is 10.1. The van der Waals surface area contributed by atoms with Crippen molar-refractivity contribution in [3.63, 3.8) is 0 Å². The number of benzene rings is 2. The van der Waals surface area contributed by atoms with Crippen LogP contribution in [0.4, 0.5) is 17.1 Å². The predicted molar refractivity (Wildman–Crippen MR) is 100 cm³/mol. The molecule has 8 nitrogen and oxygen atoms in total. The highest BCUT2D eigenvalue weighted by molar-refractivity contribution is 6.05. The van der Waals surface area contributed by atoms with Crippen LogP contribution in [0, 0.1) is 17.0 Å². The van der Waals surface area contributed by atoms with Crippen LogP contribution in [0.3, 0.4) is 0 Å². The van der Waals surface area contributed by atoms with E-state index in [4.69, 9.17) is 4.74 Å². The maximum Gasteiger partial charge on any atom is 0.273 e. The molecule has 140 valence electrons. The van der Waals surface area contributed by atoms with Crippen molar-refractivity contribution in [1.29, 1.82) is 0 Å². The van der Waals surface area contributed by atoms with E-state index in [1.807, 2.05) is 6.07 Å². The average molecular weight is 369 g/mol. The van der Waals surface area contributed by atoms with E-state index in [9.17, 15) is 19.7 Å². The molecule has 8 heteroatoms. The van der Waals surface area contributed by atoms with Crippen molar-refractivity contribution in [2.75, 3.05) is 30.5 Å². The molecule has 0 spiro atoms. The number of carbonyl (C=O) groups is 2. The minimum atomic E-state index is -0.513. The van der Waals surface area contributed by atoms with Crippen molar-refractivity contribution < 1.29 is 19.2 Å². The number of nitrogens with one attached hydrogen (secondary N) is 1. The van der Waals surface area contributed by atoms with Gasteiger partial charge in [0, 0.05) is 42.2 Å². The lowest BCUT2D eigenvalue weighted by Crippen LogP contribution is -2.32. The Labute approximate surface area is 155 Å². The molecule has 0 aliphatic carbocycles. The van der Waals surface area contributed by atoms with E-state index in [1.165, 1.54) is 13.2 Å². The summed E-state index contributed by atoms with van der Waals surface area (Å²) in [6.45, 7) is 2.17. The minimum absolute atomic E-state index is 0.0109. The van der Waals surface area contributed by atoms with Crippen molar-refractivity contribution >= 4 is 28.9 Å². The zero-order valence-electron chi connectivity index (χ0n) is 15.0. The molecule has 1 aliphatic heterocycles. The number of nitro benzene ring substituents is 1. The topological polar surface area (TPSA) is 102 Å². The second kappa shape index (κ2) is 7.55. The van der Waals surface area contributed by atoms with Crippen LogP contribution in [-0.2, 0) is 16.0 Å². The van der Waals surface area contributed by atoms with Gasteiger partial charge in [0.05, 0.1) is 4.92 Å². The molecule has 2 aromatic rings. The number of nitro groups is 1. The number of fused-ring (bicyclic) bond motifs is 1. The number of ether oxygens (including phenoxy) is 1. The quantitative estimate of drug-likeness (QED) is 0.645. The third-order valence-corrected chi connectivity index (χ3v) is 4.48. The van der Waals surface area contributed by atoms with Crippen LogP contribution < -0.4 is 10.2 Å². The summed E-state index contributed by atoms with van der Waals surface area (Å²) in [5.74, 6) is -0.597. The first-order valence-corrected chi connectivity index (χ1v) is 8.39. The predicted octanol–water partition coefficient (Wildman–Crippen LogP) is 2.69. The number of carbonyl (C=O) groups excluding carboxylic acids is 2. The third-order valence-electron chi connectivity index (χ3n) is 4.48. The molecule has 2 amide bonds. The lowest BCUT2D eigenvalue weighted by molar-refractivity contribution is -0.385. The van der Waals surface area contributed by atoms with E-state index in [0.29, 0.717) is 17.8 Å². The maximum absolute atomic E-state index is 12.5. The molecule has 0 saturated carbocycles. The van der Waals surface area contributed by atoms with Crippen LogP contribution in [-0.4, -0.2) is 37.0 Å². The van der Waals surface area contributed by atoms with Gasteiger partial charge in [0.1, 0.15) is 6.61 Å². The maximum atomic E-state index is 12.5. The van der Waals surface area contributed by atoms with Crippen LogP contribution in [0.15, 0.2) is 36.4 Å². The van der Waals surface area contributed by atoms with Crippen molar-refractivity contribution in [3.05, 3.63) is 63.2 Å². The molecule has 1 heterocycles.